The van der Waals surface area contributed by atoms with Crippen molar-refractivity contribution >= 4 is 5.78 Å². The highest BCUT2D eigenvalue weighted by molar-refractivity contribution is 5.84. The summed E-state index contributed by atoms with van der Waals surface area (Å²) in [5, 5.41) is 9.59. The summed E-state index contributed by atoms with van der Waals surface area (Å²) in [6.07, 6.45) is 6.06. The van der Waals surface area contributed by atoms with E-state index in [0.717, 1.165) is 0 Å². The minimum Gasteiger partial charge on any atom is -0.386 e. The molecule has 0 aromatic rings. The van der Waals surface area contributed by atoms with Crippen molar-refractivity contribution in [3.8, 4) is 0 Å². The van der Waals surface area contributed by atoms with Gasteiger partial charge < -0.3 is 5.11 Å². The van der Waals surface area contributed by atoms with Gasteiger partial charge in [-0.15, -0.1) is 6.58 Å². The fourth-order valence-electron chi connectivity index (χ4n) is 0.902. The van der Waals surface area contributed by atoms with Gasteiger partial charge in [0.2, 0.25) is 0 Å². The Kier molecular flexibility index (Phi) is 4.95. The Balaban J connectivity index is 4.03. The van der Waals surface area contributed by atoms with E-state index in [0.29, 0.717) is 12.8 Å². The minimum atomic E-state index is -0.874. The van der Waals surface area contributed by atoms with E-state index in [1.807, 2.05) is 32.9 Å². The number of hydrogen-bond donors (Lipinski definition) is 1. The maximum atomic E-state index is 11.5. The van der Waals surface area contributed by atoms with Crippen LogP contribution in [0.15, 0.2) is 24.8 Å². The summed E-state index contributed by atoms with van der Waals surface area (Å²) in [5.41, 5.74) is -1.16. The van der Waals surface area contributed by atoms with Gasteiger partial charge in [-0.05, 0) is 13.3 Å². The second-order valence-electron chi connectivity index (χ2n) is 5.11. The SMILES string of the molecule is C=CC(C)(O)C/C=C/CC(=O)C(C)(C)C. The quantitative estimate of drug-likeness (QED) is 0.708. The molecular weight excluding hydrogens is 188 g/mol. The van der Waals surface area contributed by atoms with Crippen LogP contribution >= 0.6 is 0 Å². The minimum absolute atomic E-state index is 0.206. The van der Waals surface area contributed by atoms with E-state index in [4.69, 9.17) is 0 Å². The maximum Gasteiger partial charge on any atom is 0.141 e. The first-order valence-electron chi connectivity index (χ1n) is 5.23. The fourth-order valence-corrected chi connectivity index (χ4v) is 0.902. The van der Waals surface area contributed by atoms with Gasteiger partial charge in [0, 0.05) is 11.8 Å². The van der Waals surface area contributed by atoms with Gasteiger partial charge >= 0.3 is 0 Å². The van der Waals surface area contributed by atoms with E-state index >= 15 is 0 Å². The van der Waals surface area contributed by atoms with E-state index < -0.39 is 5.60 Å². The molecule has 1 N–H and O–H groups in total. The lowest BCUT2D eigenvalue weighted by Gasteiger charge is -2.16. The Morgan fingerprint density at radius 3 is 2.20 bits per heavy atom. The molecule has 0 aliphatic carbocycles. The topological polar surface area (TPSA) is 37.3 Å². The zero-order valence-corrected chi connectivity index (χ0v) is 10.2. The second-order valence-corrected chi connectivity index (χ2v) is 5.11. The molecule has 2 nitrogen and oxygen atoms in total. The molecule has 0 heterocycles. The highest BCUT2D eigenvalue weighted by atomic mass is 16.3. The number of rotatable bonds is 5. The molecule has 0 rings (SSSR count). The number of aliphatic hydroxyl groups is 1. The third-order valence-electron chi connectivity index (χ3n) is 2.28. The molecule has 15 heavy (non-hydrogen) atoms. The Morgan fingerprint density at radius 2 is 1.80 bits per heavy atom. The summed E-state index contributed by atoms with van der Waals surface area (Å²) in [6.45, 7) is 10.9. The van der Waals surface area contributed by atoms with Gasteiger partial charge in [0.1, 0.15) is 5.78 Å². The molecule has 1 atom stereocenters. The number of Topliss-reactive ketones (excluding diaryl/α,β-unsaturated/α-hetero) is 1. The largest absolute Gasteiger partial charge is 0.386 e. The Bertz CT molecular complexity index is 254. The van der Waals surface area contributed by atoms with E-state index in [9.17, 15) is 9.90 Å². The lowest BCUT2D eigenvalue weighted by Crippen LogP contribution is -2.20. The molecule has 0 saturated carbocycles. The first kappa shape index (κ1) is 14.1. The lowest BCUT2D eigenvalue weighted by molar-refractivity contribution is -0.125. The van der Waals surface area contributed by atoms with Crippen LogP contribution in [0.4, 0.5) is 0 Å². The van der Waals surface area contributed by atoms with Crippen LogP contribution in [0.1, 0.15) is 40.5 Å². The summed E-state index contributed by atoms with van der Waals surface area (Å²) in [6, 6.07) is 0. The van der Waals surface area contributed by atoms with Crippen molar-refractivity contribution < 1.29 is 9.90 Å². The molecule has 0 aliphatic rings. The standard InChI is InChI=1S/C13H22O2/c1-6-13(5,15)10-8-7-9-11(14)12(2,3)4/h6-8,15H,1,9-10H2,2-5H3/b8-7+. The average molecular weight is 210 g/mol. The first-order chi connectivity index (χ1) is 6.69. The molecule has 0 saturated heterocycles. The Hall–Kier alpha value is -0.890. The number of allylic oxidation sites excluding steroid dienone is 1. The van der Waals surface area contributed by atoms with Crippen LogP contribution in [0.2, 0.25) is 0 Å². The maximum absolute atomic E-state index is 11.5. The molecule has 0 amide bonds. The van der Waals surface area contributed by atoms with Crippen molar-refractivity contribution in [2.45, 2.75) is 46.1 Å². The normalized spacial score (nSPS) is 16.3. The van der Waals surface area contributed by atoms with Gasteiger partial charge in [-0.3, -0.25) is 4.79 Å². The number of carbonyl (C=O) groups excluding carboxylic acids is 1. The summed E-state index contributed by atoms with van der Waals surface area (Å²) in [5.74, 6) is 0.206. The van der Waals surface area contributed by atoms with Gasteiger partial charge in [-0.25, -0.2) is 0 Å². The molecule has 0 spiro atoms. The van der Waals surface area contributed by atoms with Crippen LogP contribution in [-0.2, 0) is 4.79 Å². The number of hydrogen-bond acceptors (Lipinski definition) is 2. The highest BCUT2D eigenvalue weighted by Gasteiger charge is 2.19. The molecule has 0 aliphatic heterocycles. The Morgan fingerprint density at radius 1 is 1.27 bits per heavy atom. The predicted octanol–water partition coefficient (Wildman–Crippen LogP) is 2.88. The van der Waals surface area contributed by atoms with Crippen LogP contribution < -0.4 is 0 Å². The molecule has 0 aromatic carbocycles. The highest BCUT2D eigenvalue weighted by Crippen LogP contribution is 2.17. The number of ketones is 1. The van der Waals surface area contributed by atoms with Crippen molar-refractivity contribution in [1.82, 2.24) is 0 Å². The zero-order chi connectivity index (χ0) is 12.1. The molecule has 0 aromatic heterocycles. The van der Waals surface area contributed by atoms with Crippen LogP contribution in [0.25, 0.3) is 0 Å². The summed E-state index contributed by atoms with van der Waals surface area (Å²) < 4.78 is 0. The lowest BCUT2D eigenvalue weighted by atomic mass is 9.89. The fraction of sp³-hybridized carbons (Fsp3) is 0.615. The second kappa shape index (κ2) is 5.26. The molecule has 0 fully saturated rings. The molecule has 2 heteroatoms. The Labute approximate surface area is 92.7 Å². The van der Waals surface area contributed by atoms with Crippen LogP contribution in [0, 0.1) is 5.41 Å². The first-order valence-corrected chi connectivity index (χ1v) is 5.23. The third-order valence-corrected chi connectivity index (χ3v) is 2.28. The van der Waals surface area contributed by atoms with E-state index in [2.05, 4.69) is 6.58 Å². The van der Waals surface area contributed by atoms with E-state index in [1.165, 1.54) is 6.08 Å². The van der Waals surface area contributed by atoms with E-state index in [1.54, 1.807) is 6.92 Å². The molecule has 86 valence electrons. The molecule has 0 bridgehead atoms. The van der Waals surface area contributed by atoms with Crippen molar-refractivity contribution in [3.63, 3.8) is 0 Å². The van der Waals surface area contributed by atoms with Crippen molar-refractivity contribution in [3.05, 3.63) is 24.8 Å². The summed E-state index contributed by atoms with van der Waals surface area (Å²) >= 11 is 0. The van der Waals surface area contributed by atoms with Crippen LogP contribution in [0.3, 0.4) is 0 Å². The van der Waals surface area contributed by atoms with Gasteiger partial charge in [0.05, 0.1) is 5.60 Å². The van der Waals surface area contributed by atoms with Crippen LogP contribution in [-0.4, -0.2) is 16.5 Å². The summed E-state index contributed by atoms with van der Waals surface area (Å²) in [4.78, 5) is 11.5. The van der Waals surface area contributed by atoms with Crippen molar-refractivity contribution in [1.29, 1.82) is 0 Å². The van der Waals surface area contributed by atoms with Gasteiger partial charge in [-0.2, -0.15) is 0 Å². The molecule has 0 radical (unpaired) electrons. The van der Waals surface area contributed by atoms with Crippen molar-refractivity contribution in [2.24, 2.45) is 5.41 Å². The molecule has 1 unspecified atom stereocenters. The average Bonchev–Trinajstić information content (AvgIpc) is 2.10. The summed E-state index contributed by atoms with van der Waals surface area (Å²) in [7, 11) is 0. The monoisotopic (exact) mass is 210 g/mol. The van der Waals surface area contributed by atoms with Gasteiger partial charge in [-0.1, -0.05) is 39.0 Å². The van der Waals surface area contributed by atoms with Crippen LogP contribution in [0.5, 0.6) is 0 Å². The predicted molar refractivity (Wildman–Crippen MR) is 63.7 cm³/mol. The zero-order valence-electron chi connectivity index (χ0n) is 10.2. The van der Waals surface area contributed by atoms with Gasteiger partial charge in [0.15, 0.2) is 0 Å². The smallest absolute Gasteiger partial charge is 0.141 e. The van der Waals surface area contributed by atoms with E-state index in [-0.39, 0.29) is 11.2 Å². The third kappa shape index (κ3) is 6.24. The molecular formula is C13H22O2. The van der Waals surface area contributed by atoms with Gasteiger partial charge in [0.25, 0.3) is 0 Å². The number of carbonyl (C=O) groups is 1. The van der Waals surface area contributed by atoms with Crippen molar-refractivity contribution in [2.75, 3.05) is 0 Å².